The van der Waals surface area contributed by atoms with Crippen LogP contribution in [0.1, 0.15) is 15.3 Å². The Labute approximate surface area is 47.1 Å². The molecule has 2 heteroatoms. The Kier molecular flexibility index (Phi) is 24.1. The quantitative estimate of drug-likeness (QED) is 0.568. The summed E-state index contributed by atoms with van der Waals surface area (Å²) in [5.41, 5.74) is 5.01. The van der Waals surface area contributed by atoms with Gasteiger partial charge in [0.15, 0.2) is 0 Å². The molecule has 0 unspecified atom stereocenters. The van der Waals surface area contributed by atoms with Gasteiger partial charge in [-0.05, 0) is 0 Å². The van der Waals surface area contributed by atoms with Gasteiger partial charge in [-0.25, -0.2) is 0 Å². The molecular formula is C5H17NO. The summed E-state index contributed by atoms with van der Waals surface area (Å²) < 4.78 is 4.57. The van der Waals surface area contributed by atoms with E-state index in [1.807, 2.05) is 13.8 Å². The number of ether oxygens (including phenoxy) is 1. The Bertz CT molecular complexity index is 19.9. The van der Waals surface area contributed by atoms with Gasteiger partial charge >= 0.3 is 0 Å². The summed E-state index contributed by atoms with van der Waals surface area (Å²) in [6.45, 7) is 5.29. The summed E-state index contributed by atoms with van der Waals surface area (Å²) in [4.78, 5) is 0. The van der Waals surface area contributed by atoms with E-state index in [2.05, 4.69) is 4.74 Å². The van der Waals surface area contributed by atoms with Gasteiger partial charge in [-0.15, -0.1) is 0 Å². The van der Waals surface area contributed by atoms with Crippen molar-refractivity contribution < 1.29 is 6.16 Å². The van der Waals surface area contributed by atoms with Gasteiger partial charge in [-0.1, -0.05) is 13.8 Å². The van der Waals surface area contributed by atoms with Gasteiger partial charge in [0.1, 0.15) is 0 Å². The predicted molar refractivity (Wildman–Crippen MR) is 34.4 cm³/mol. The van der Waals surface area contributed by atoms with Crippen molar-refractivity contribution in [1.82, 2.24) is 0 Å². The largest absolute Gasteiger partial charge is 0.383 e. The van der Waals surface area contributed by atoms with Gasteiger partial charge in [-0.2, -0.15) is 0 Å². The van der Waals surface area contributed by atoms with Crippen LogP contribution in [-0.4, -0.2) is 20.3 Å². The summed E-state index contributed by atoms with van der Waals surface area (Å²) in [7, 11) is 1.63. The summed E-state index contributed by atoms with van der Waals surface area (Å²) in [6, 6.07) is 0. The molecule has 0 heterocycles. The van der Waals surface area contributed by atoms with Crippen LogP contribution in [-0.2, 0) is 4.74 Å². The van der Waals surface area contributed by atoms with E-state index < -0.39 is 0 Å². The second kappa shape index (κ2) is 16.8. The zero-order chi connectivity index (χ0) is 6.12. The molecule has 0 spiro atoms. The summed E-state index contributed by atoms with van der Waals surface area (Å²) in [6.07, 6.45) is 0. The predicted octanol–water partition coefficient (Wildman–Crippen LogP) is 0.864. The molecule has 0 radical (unpaired) electrons. The van der Waals surface area contributed by atoms with E-state index in [0.29, 0.717) is 13.2 Å². The topological polar surface area (TPSA) is 35.2 Å². The van der Waals surface area contributed by atoms with Crippen molar-refractivity contribution in [3.63, 3.8) is 0 Å². The first-order valence-corrected chi connectivity index (χ1v) is 2.61. The standard InChI is InChI=1S/C3H9NO.C2H6.H2/c1-5-3-2-4;1-2;/h2-4H2,1H3;1-2H3;1H. The highest BCUT2D eigenvalue weighted by molar-refractivity contribution is 4.22. The fourth-order valence-corrected chi connectivity index (χ4v) is 0.118. The van der Waals surface area contributed by atoms with E-state index >= 15 is 0 Å². The van der Waals surface area contributed by atoms with Crippen LogP contribution >= 0.6 is 0 Å². The van der Waals surface area contributed by atoms with Crippen LogP contribution in [0.15, 0.2) is 0 Å². The van der Waals surface area contributed by atoms with Gasteiger partial charge in [0, 0.05) is 15.1 Å². The highest BCUT2D eigenvalue weighted by Crippen LogP contribution is 1.53. The van der Waals surface area contributed by atoms with Crippen molar-refractivity contribution in [3.05, 3.63) is 0 Å². The monoisotopic (exact) mass is 107 g/mol. The molecule has 0 bridgehead atoms. The maximum absolute atomic E-state index is 5.01. The van der Waals surface area contributed by atoms with Crippen molar-refractivity contribution in [3.8, 4) is 0 Å². The molecule has 0 rings (SSSR count). The van der Waals surface area contributed by atoms with E-state index in [0.717, 1.165) is 0 Å². The molecule has 0 aromatic rings. The molecular weight excluding hydrogens is 90.1 g/mol. The number of hydrogen-bond acceptors (Lipinski definition) is 2. The van der Waals surface area contributed by atoms with Crippen molar-refractivity contribution >= 4 is 0 Å². The van der Waals surface area contributed by atoms with E-state index in [-0.39, 0.29) is 1.43 Å². The molecule has 0 aliphatic carbocycles. The zero-order valence-electron chi connectivity index (χ0n) is 5.40. The zero-order valence-corrected chi connectivity index (χ0v) is 5.40. The third-order valence-corrected chi connectivity index (χ3v) is 0.322. The summed E-state index contributed by atoms with van der Waals surface area (Å²) in [5, 5.41) is 0. The molecule has 0 aliphatic rings. The van der Waals surface area contributed by atoms with Gasteiger partial charge < -0.3 is 10.5 Å². The third kappa shape index (κ3) is 24.7. The fraction of sp³-hybridized carbons (Fsp3) is 1.00. The summed E-state index contributed by atoms with van der Waals surface area (Å²) in [5.74, 6) is 0. The lowest BCUT2D eigenvalue weighted by atomic mass is 10.7. The highest BCUT2D eigenvalue weighted by Gasteiger charge is 1.65. The van der Waals surface area contributed by atoms with Gasteiger partial charge in [0.2, 0.25) is 0 Å². The molecule has 0 aromatic heterocycles. The van der Waals surface area contributed by atoms with Crippen LogP contribution in [0.4, 0.5) is 0 Å². The normalized spacial score (nSPS) is 6.86. The smallest absolute Gasteiger partial charge is 0.0584 e. The van der Waals surface area contributed by atoms with Crippen LogP contribution in [0.3, 0.4) is 0 Å². The number of nitrogens with two attached hydrogens (primary N) is 1. The van der Waals surface area contributed by atoms with Gasteiger partial charge in [0.25, 0.3) is 0 Å². The van der Waals surface area contributed by atoms with E-state index in [1.54, 1.807) is 7.11 Å². The molecule has 0 atom stereocenters. The van der Waals surface area contributed by atoms with Crippen LogP contribution < -0.4 is 5.73 Å². The number of hydrogen-bond donors (Lipinski definition) is 1. The van der Waals surface area contributed by atoms with Crippen LogP contribution in [0.5, 0.6) is 0 Å². The fourth-order valence-electron chi connectivity index (χ4n) is 0.118. The highest BCUT2D eigenvalue weighted by atomic mass is 16.5. The van der Waals surface area contributed by atoms with E-state index in [9.17, 15) is 0 Å². The van der Waals surface area contributed by atoms with Crippen LogP contribution in [0.25, 0.3) is 0 Å². The maximum atomic E-state index is 5.01. The molecule has 48 valence electrons. The number of methoxy groups -OCH3 is 1. The van der Waals surface area contributed by atoms with Crippen molar-refractivity contribution in [2.75, 3.05) is 20.3 Å². The molecule has 0 amide bonds. The average Bonchev–Trinajstić information content (AvgIpc) is 1.75. The Morgan fingerprint density at radius 1 is 1.57 bits per heavy atom. The molecule has 0 saturated carbocycles. The molecule has 7 heavy (non-hydrogen) atoms. The minimum Gasteiger partial charge on any atom is -0.383 e. The first kappa shape index (κ1) is 10.0. The lowest BCUT2D eigenvalue weighted by Gasteiger charge is -1.85. The number of rotatable bonds is 2. The van der Waals surface area contributed by atoms with Crippen molar-refractivity contribution in [2.45, 2.75) is 13.8 Å². The first-order chi connectivity index (χ1) is 3.41. The Balaban J connectivity index is -0.0000000750. The molecule has 2 N–H and O–H groups in total. The maximum Gasteiger partial charge on any atom is 0.0584 e. The Morgan fingerprint density at radius 2 is 2.00 bits per heavy atom. The minimum absolute atomic E-state index is 0. The average molecular weight is 107 g/mol. The van der Waals surface area contributed by atoms with E-state index in [4.69, 9.17) is 5.73 Å². The van der Waals surface area contributed by atoms with Gasteiger partial charge in [0.05, 0.1) is 6.61 Å². The van der Waals surface area contributed by atoms with Crippen LogP contribution in [0, 0.1) is 0 Å². The molecule has 0 aromatic carbocycles. The van der Waals surface area contributed by atoms with E-state index in [1.165, 1.54) is 0 Å². The third-order valence-electron chi connectivity index (χ3n) is 0.322. The Hall–Kier alpha value is -0.0800. The SMILES string of the molecule is CC.COCCN.[HH]. The molecule has 0 saturated heterocycles. The second-order valence-corrected chi connectivity index (χ2v) is 0.781. The lowest BCUT2D eigenvalue weighted by Crippen LogP contribution is -2.05. The lowest BCUT2D eigenvalue weighted by molar-refractivity contribution is 0.207. The second-order valence-electron chi connectivity index (χ2n) is 0.781. The van der Waals surface area contributed by atoms with Crippen molar-refractivity contribution in [2.24, 2.45) is 5.73 Å². The first-order valence-electron chi connectivity index (χ1n) is 2.61. The Morgan fingerprint density at radius 3 is 2.00 bits per heavy atom. The van der Waals surface area contributed by atoms with Crippen molar-refractivity contribution in [1.29, 1.82) is 0 Å². The molecule has 2 nitrogen and oxygen atoms in total. The summed E-state index contributed by atoms with van der Waals surface area (Å²) >= 11 is 0. The molecule has 0 fully saturated rings. The molecule has 0 aliphatic heterocycles. The van der Waals surface area contributed by atoms with Gasteiger partial charge in [-0.3, -0.25) is 0 Å². The van der Waals surface area contributed by atoms with Crippen LogP contribution in [0.2, 0.25) is 0 Å². The minimum atomic E-state index is 0.